The average Bonchev–Trinajstić information content (AvgIpc) is 3.80. The van der Waals surface area contributed by atoms with Gasteiger partial charge in [0, 0.05) is 32.7 Å². The topological polar surface area (TPSA) is 148 Å². The first-order valence-electron chi connectivity index (χ1n) is 12.6. The van der Waals surface area contributed by atoms with E-state index in [0.717, 1.165) is 6.26 Å². The quantitative estimate of drug-likeness (QED) is 0.484. The second-order valence-corrected chi connectivity index (χ2v) is 15.3. The zero-order valence-corrected chi connectivity index (χ0v) is 23.4. The van der Waals surface area contributed by atoms with E-state index in [2.05, 4.69) is 11.4 Å². The Labute approximate surface area is 227 Å². The monoisotopic (exact) mass is 583 g/mol. The van der Waals surface area contributed by atoms with Gasteiger partial charge in [0.25, 0.3) is 0 Å². The summed E-state index contributed by atoms with van der Waals surface area (Å²) in [7, 11) is -7.31. The number of halogens is 1. The molecular formula is C24H30ClN5O6S2. The van der Waals surface area contributed by atoms with E-state index in [4.69, 9.17) is 11.6 Å². The normalized spacial score (nSPS) is 26.9. The number of rotatable bonds is 7. The molecule has 2 heterocycles. The van der Waals surface area contributed by atoms with Crippen LogP contribution in [-0.4, -0.2) is 104 Å². The van der Waals surface area contributed by atoms with Crippen LogP contribution in [0.1, 0.15) is 32.1 Å². The van der Waals surface area contributed by atoms with E-state index in [0.29, 0.717) is 38.8 Å². The molecule has 5 rings (SSSR count). The molecule has 2 aliphatic carbocycles. The van der Waals surface area contributed by atoms with Gasteiger partial charge in [0.1, 0.15) is 17.1 Å². The van der Waals surface area contributed by atoms with Gasteiger partial charge in [-0.1, -0.05) is 23.7 Å². The van der Waals surface area contributed by atoms with Crippen molar-refractivity contribution in [3.63, 3.8) is 0 Å². The Morgan fingerprint density at radius 3 is 2.21 bits per heavy atom. The molecule has 2 saturated carbocycles. The highest BCUT2D eigenvalue weighted by atomic mass is 35.5. The predicted molar refractivity (Wildman–Crippen MR) is 138 cm³/mol. The number of benzene rings is 1. The number of carbonyl (C=O) groups excluding carboxylic acids is 2. The lowest BCUT2D eigenvalue weighted by Gasteiger charge is -2.40. The molecule has 0 spiro atoms. The molecule has 11 nitrogen and oxygen atoms in total. The van der Waals surface area contributed by atoms with Gasteiger partial charge in [-0.2, -0.15) is 9.57 Å². The van der Waals surface area contributed by atoms with Crippen LogP contribution in [0, 0.1) is 11.3 Å². The van der Waals surface area contributed by atoms with Gasteiger partial charge in [-0.3, -0.25) is 14.5 Å². The second kappa shape index (κ2) is 9.45. The predicted octanol–water partition coefficient (Wildman–Crippen LogP) is 0.365. The van der Waals surface area contributed by atoms with Crippen LogP contribution >= 0.6 is 11.6 Å². The van der Waals surface area contributed by atoms with E-state index in [1.54, 1.807) is 12.1 Å². The summed E-state index contributed by atoms with van der Waals surface area (Å²) >= 11 is 6.20. The number of hydrogen-bond acceptors (Lipinski definition) is 8. The fourth-order valence-corrected chi connectivity index (χ4v) is 8.60. The first kappa shape index (κ1) is 27.3. The summed E-state index contributed by atoms with van der Waals surface area (Å²) in [5.41, 5.74) is -1.86. The molecule has 2 aliphatic heterocycles. The van der Waals surface area contributed by atoms with Crippen LogP contribution in [0.2, 0.25) is 5.02 Å². The Hall–Kier alpha value is -2.24. The summed E-state index contributed by atoms with van der Waals surface area (Å²) in [5.74, 6) is -0.865. The van der Waals surface area contributed by atoms with Crippen LogP contribution in [-0.2, 0) is 29.4 Å². The first-order chi connectivity index (χ1) is 17.8. The molecule has 1 aromatic carbocycles. The average molecular weight is 584 g/mol. The SMILES string of the molecule is CS(=O)(=O)N1CCN(C2(C(=O)N3C[C@H](S(=O)(=O)c4ccccc4Cl)C[C@H]3C(=O)NC3(C#N)CC3)CC2)CC1. The molecule has 0 bridgehead atoms. The summed E-state index contributed by atoms with van der Waals surface area (Å²) in [6.07, 6.45) is 3.14. The first-order valence-corrected chi connectivity index (χ1v) is 16.3. The van der Waals surface area contributed by atoms with Crippen LogP contribution in [0.25, 0.3) is 0 Å². The number of hydrogen-bond donors (Lipinski definition) is 1. The van der Waals surface area contributed by atoms with Gasteiger partial charge in [0.2, 0.25) is 21.8 Å². The van der Waals surface area contributed by atoms with Gasteiger partial charge < -0.3 is 10.2 Å². The lowest BCUT2D eigenvalue weighted by Crippen LogP contribution is -2.60. The van der Waals surface area contributed by atoms with Gasteiger partial charge in [0.15, 0.2) is 9.84 Å². The number of amides is 2. The number of carbonyl (C=O) groups is 2. The van der Waals surface area contributed by atoms with E-state index in [-0.39, 0.29) is 41.9 Å². The van der Waals surface area contributed by atoms with Crippen molar-refractivity contribution in [2.24, 2.45) is 0 Å². The van der Waals surface area contributed by atoms with E-state index in [1.165, 1.54) is 21.3 Å². The van der Waals surface area contributed by atoms with Crippen LogP contribution in [0.3, 0.4) is 0 Å². The number of sulfonamides is 1. The van der Waals surface area contributed by atoms with E-state index >= 15 is 0 Å². The van der Waals surface area contributed by atoms with Crippen molar-refractivity contribution in [3.8, 4) is 6.07 Å². The van der Waals surface area contributed by atoms with Gasteiger partial charge in [0.05, 0.1) is 27.5 Å². The summed E-state index contributed by atoms with van der Waals surface area (Å²) in [5, 5.41) is 11.2. The van der Waals surface area contributed by atoms with Gasteiger partial charge in [-0.05, 0) is 44.2 Å². The number of nitriles is 1. The highest BCUT2D eigenvalue weighted by molar-refractivity contribution is 7.92. The minimum Gasteiger partial charge on any atom is -0.336 e. The second-order valence-electron chi connectivity index (χ2n) is 10.7. The molecule has 38 heavy (non-hydrogen) atoms. The van der Waals surface area contributed by atoms with Crippen molar-refractivity contribution in [1.29, 1.82) is 5.26 Å². The number of nitrogens with zero attached hydrogens (tertiary/aromatic N) is 4. The van der Waals surface area contributed by atoms with Crippen LogP contribution < -0.4 is 5.32 Å². The third-order valence-corrected chi connectivity index (χ3v) is 12.1. The Morgan fingerprint density at radius 2 is 1.68 bits per heavy atom. The molecule has 0 radical (unpaired) electrons. The highest BCUT2D eigenvalue weighted by Gasteiger charge is 2.60. The minimum atomic E-state index is -3.97. The smallest absolute Gasteiger partial charge is 0.244 e. The number of sulfone groups is 1. The summed E-state index contributed by atoms with van der Waals surface area (Å²) in [6, 6.07) is 7.14. The molecule has 4 fully saturated rings. The van der Waals surface area contributed by atoms with Gasteiger partial charge >= 0.3 is 0 Å². The number of piperazine rings is 1. The van der Waals surface area contributed by atoms with Gasteiger partial charge in [-0.15, -0.1) is 0 Å². The number of nitrogens with one attached hydrogen (secondary N) is 1. The van der Waals surface area contributed by atoms with Crippen molar-refractivity contribution < 1.29 is 26.4 Å². The van der Waals surface area contributed by atoms with Crippen LogP contribution in [0.4, 0.5) is 0 Å². The van der Waals surface area contributed by atoms with E-state index < -0.39 is 48.1 Å². The number of likely N-dealkylation sites (tertiary alicyclic amines) is 1. The molecule has 2 saturated heterocycles. The maximum absolute atomic E-state index is 14.0. The fraction of sp³-hybridized carbons (Fsp3) is 0.625. The maximum atomic E-state index is 14.0. The third kappa shape index (κ3) is 4.81. The molecule has 4 aliphatic rings. The molecule has 206 valence electrons. The molecule has 1 aromatic rings. The van der Waals surface area contributed by atoms with Crippen molar-refractivity contribution in [2.45, 2.75) is 59.4 Å². The largest absolute Gasteiger partial charge is 0.336 e. The van der Waals surface area contributed by atoms with E-state index in [1.807, 2.05) is 4.90 Å². The highest BCUT2D eigenvalue weighted by Crippen LogP contribution is 2.46. The fourth-order valence-electron chi connectivity index (χ4n) is 5.56. The lowest BCUT2D eigenvalue weighted by atomic mass is 10.1. The van der Waals surface area contributed by atoms with Crippen molar-refractivity contribution in [3.05, 3.63) is 29.3 Å². The molecule has 14 heteroatoms. The Kier molecular flexibility index (Phi) is 6.79. The summed E-state index contributed by atoms with van der Waals surface area (Å²) < 4.78 is 52.4. The minimum absolute atomic E-state index is 0.0474. The summed E-state index contributed by atoms with van der Waals surface area (Å²) in [6.45, 7) is 1.07. The Bertz CT molecular complexity index is 1410. The van der Waals surface area contributed by atoms with Crippen LogP contribution in [0.5, 0.6) is 0 Å². The van der Waals surface area contributed by atoms with Gasteiger partial charge in [-0.25, -0.2) is 16.8 Å². The van der Waals surface area contributed by atoms with Crippen molar-refractivity contribution >= 4 is 43.3 Å². The third-order valence-electron chi connectivity index (χ3n) is 8.17. The summed E-state index contributed by atoms with van der Waals surface area (Å²) in [4.78, 5) is 30.7. The van der Waals surface area contributed by atoms with Crippen molar-refractivity contribution in [2.75, 3.05) is 39.0 Å². The zero-order valence-electron chi connectivity index (χ0n) is 21.0. The zero-order chi connectivity index (χ0) is 27.5. The standard InChI is InChI=1S/C24H30ClN5O6S2/c1-37(33,34)29-12-10-28(11-13-29)24(8-9-24)22(32)30-15-17(38(35,36)20-5-3-2-4-18(20)25)14-19(30)21(31)27-23(16-26)6-7-23/h2-5,17,19H,6-15H2,1H3,(H,27,31)/t17-,19+/m1/s1. The molecular weight excluding hydrogens is 554 g/mol. The molecule has 2 atom stereocenters. The Balaban J connectivity index is 1.41. The lowest BCUT2D eigenvalue weighted by molar-refractivity contribution is -0.144. The van der Waals surface area contributed by atoms with Crippen molar-refractivity contribution in [1.82, 2.24) is 19.4 Å². The Morgan fingerprint density at radius 1 is 1.05 bits per heavy atom. The molecule has 1 N–H and O–H groups in total. The van der Waals surface area contributed by atoms with E-state index in [9.17, 15) is 31.7 Å². The maximum Gasteiger partial charge on any atom is 0.244 e. The molecule has 0 unspecified atom stereocenters. The molecule has 2 amide bonds. The van der Waals surface area contributed by atoms with Crippen LogP contribution in [0.15, 0.2) is 29.2 Å². The molecule has 0 aromatic heterocycles.